The molecule has 4 heteroatoms. The lowest BCUT2D eigenvalue weighted by atomic mass is 9.97. The maximum atomic E-state index is 12.2. The van der Waals surface area contributed by atoms with Crippen LogP contribution in [0.4, 0.5) is 0 Å². The zero-order chi connectivity index (χ0) is 21.2. The number of pyridine rings is 1. The molecule has 1 aliphatic heterocycles. The summed E-state index contributed by atoms with van der Waals surface area (Å²) in [6, 6.07) is 20.8. The van der Waals surface area contributed by atoms with Gasteiger partial charge in [0.1, 0.15) is 11.9 Å². The molecular weight excluding hydrogens is 384 g/mol. The average molecular weight is 413 g/mol. The van der Waals surface area contributed by atoms with Crippen LogP contribution in [0.3, 0.4) is 0 Å². The largest absolute Gasteiger partial charge is 0.490 e. The number of ether oxygens (including phenoxy) is 1. The summed E-state index contributed by atoms with van der Waals surface area (Å²) in [6.45, 7) is 3.77. The van der Waals surface area contributed by atoms with Gasteiger partial charge in [0.05, 0.1) is 5.69 Å². The molecule has 0 radical (unpaired) electrons. The van der Waals surface area contributed by atoms with Crippen LogP contribution >= 0.6 is 0 Å². The topological polar surface area (TPSA) is 42.4 Å². The second-order valence-corrected chi connectivity index (χ2v) is 8.69. The van der Waals surface area contributed by atoms with E-state index in [0.717, 1.165) is 55.8 Å². The van der Waals surface area contributed by atoms with E-state index in [-0.39, 0.29) is 6.10 Å². The van der Waals surface area contributed by atoms with E-state index in [4.69, 9.17) is 4.74 Å². The molecule has 31 heavy (non-hydrogen) atoms. The van der Waals surface area contributed by atoms with Crippen molar-refractivity contribution in [3.8, 4) is 28.1 Å². The second-order valence-electron chi connectivity index (χ2n) is 8.69. The van der Waals surface area contributed by atoms with E-state index in [1.807, 2.05) is 29.3 Å². The van der Waals surface area contributed by atoms with Crippen LogP contribution in [0.1, 0.15) is 31.2 Å². The van der Waals surface area contributed by atoms with Crippen LogP contribution in [0.25, 0.3) is 22.4 Å². The van der Waals surface area contributed by atoms with E-state index in [0.29, 0.717) is 11.8 Å². The Morgan fingerprint density at radius 1 is 0.935 bits per heavy atom. The highest BCUT2D eigenvalue weighted by molar-refractivity contribution is 5.81. The number of hydrogen-bond acceptors (Lipinski definition) is 3. The van der Waals surface area contributed by atoms with Crippen LogP contribution in [0.15, 0.2) is 66.9 Å². The molecule has 1 aromatic heterocycles. The molecule has 1 saturated heterocycles. The number of carbonyl (C=O) groups is 1. The first-order valence-electron chi connectivity index (χ1n) is 11.3. The molecule has 0 spiro atoms. The quantitative estimate of drug-likeness (QED) is 0.555. The molecule has 0 atom stereocenters. The Morgan fingerprint density at radius 3 is 2.45 bits per heavy atom. The van der Waals surface area contributed by atoms with E-state index < -0.39 is 0 Å². The second kappa shape index (κ2) is 8.54. The minimum Gasteiger partial charge on any atom is -0.490 e. The predicted molar refractivity (Wildman–Crippen MR) is 123 cm³/mol. The maximum absolute atomic E-state index is 12.2. The van der Waals surface area contributed by atoms with E-state index in [9.17, 15) is 4.79 Å². The van der Waals surface area contributed by atoms with Crippen LogP contribution in [-0.2, 0) is 4.79 Å². The predicted octanol–water partition coefficient (Wildman–Crippen LogP) is 5.50. The number of hydrogen-bond donors (Lipinski definition) is 0. The van der Waals surface area contributed by atoms with Crippen LogP contribution in [0, 0.1) is 12.8 Å². The lowest BCUT2D eigenvalue weighted by Gasteiger charge is -2.32. The first-order chi connectivity index (χ1) is 15.2. The molecular formula is C27H28N2O2. The lowest BCUT2D eigenvalue weighted by Crippen LogP contribution is -2.42. The summed E-state index contributed by atoms with van der Waals surface area (Å²) in [6.07, 6.45) is 5.97. The summed E-state index contributed by atoms with van der Waals surface area (Å²) in [5.41, 5.74) is 5.67. The van der Waals surface area contributed by atoms with Crippen LogP contribution < -0.4 is 4.74 Å². The molecule has 4 nitrogen and oxygen atoms in total. The number of aromatic nitrogens is 1. The number of likely N-dealkylation sites (tertiary alicyclic amines) is 1. The van der Waals surface area contributed by atoms with Gasteiger partial charge in [0, 0.05) is 43.6 Å². The highest BCUT2D eigenvalue weighted by atomic mass is 16.5. The van der Waals surface area contributed by atoms with Gasteiger partial charge in [0.25, 0.3) is 0 Å². The SMILES string of the molecule is Cc1cc(OC2CCN(C(=O)C3CC3)CC2)ccc1-c1cccc(-c2ccccn2)c1. The van der Waals surface area contributed by atoms with E-state index >= 15 is 0 Å². The average Bonchev–Trinajstić information content (AvgIpc) is 3.66. The summed E-state index contributed by atoms with van der Waals surface area (Å²) in [4.78, 5) is 18.7. The van der Waals surface area contributed by atoms with Gasteiger partial charge in [-0.1, -0.05) is 30.3 Å². The Labute approximate surface area is 183 Å². The third-order valence-corrected chi connectivity index (χ3v) is 6.32. The smallest absolute Gasteiger partial charge is 0.225 e. The number of nitrogens with zero attached hydrogens (tertiary/aromatic N) is 2. The molecule has 2 fully saturated rings. The fraction of sp³-hybridized carbons (Fsp3) is 0.333. The van der Waals surface area contributed by atoms with Crippen molar-refractivity contribution in [2.24, 2.45) is 5.92 Å². The fourth-order valence-corrected chi connectivity index (χ4v) is 4.39. The first kappa shape index (κ1) is 19.8. The number of piperidine rings is 1. The number of amides is 1. The van der Waals surface area contributed by atoms with Crippen molar-refractivity contribution in [2.45, 2.75) is 38.7 Å². The van der Waals surface area contributed by atoms with Crippen LogP contribution in [0.2, 0.25) is 0 Å². The van der Waals surface area contributed by atoms with Gasteiger partial charge in [-0.2, -0.15) is 0 Å². The fourth-order valence-electron chi connectivity index (χ4n) is 4.39. The molecule has 2 heterocycles. The van der Waals surface area contributed by atoms with Crippen molar-refractivity contribution >= 4 is 5.91 Å². The van der Waals surface area contributed by atoms with E-state index in [2.05, 4.69) is 54.4 Å². The monoisotopic (exact) mass is 412 g/mol. The van der Waals surface area contributed by atoms with Crippen molar-refractivity contribution in [1.29, 1.82) is 0 Å². The molecule has 5 rings (SSSR count). The van der Waals surface area contributed by atoms with E-state index in [1.54, 1.807) is 0 Å². The molecule has 1 saturated carbocycles. The zero-order valence-corrected chi connectivity index (χ0v) is 18.0. The van der Waals surface area contributed by atoms with Gasteiger partial charge in [0.2, 0.25) is 5.91 Å². The Bertz CT molecular complexity index is 1070. The van der Waals surface area contributed by atoms with Gasteiger partial charge in [-0.05, 0) is 66.8 Å². The van der Waals surface area contributed by atoms with Crippen molar-refractivity contribution < 1.29 is 9.53 Å². The third kappa shape index (κ3) is 4.48. The van der Waals surface area contributed by atoms with Crippen molar-refractivity contribution in [1.82, 2.24) is 9.88 Å². The summed E-state index contributed by atoms with van der Waals surface area (Å²) >= 11 is 0. The highest BCUT2D eigenvalue weighted by Crippen LogP contribution is 2.33. The van der Waals surface area contributed by atoms with Gasteiger partial charge in [0.15, 0.2) is 0 Å². The number of benzene rings is 2. The van der Waals surface area contributed by atoms with Crippen LogP contribution in [0.5, 0.6) is 5.75 Å². The molecule has 2 aromatic carbocycles. The molecule has 0 bridgehead atoms. The van der Waals surface area contributed by atoms with Gasteiger partial charge in [-0.25, -0.2) is 0 Å². The molecule has 0 unspecified atom stereocenters. The third-order valence-electron chi connectivity index (χ3n) is 6.32. The van der Waals surface area contributed by atoms with Gasteiger partial charge < -0.3 is 9.64 Å². The zero-order valence-electron chi connectivity index (χ0n) is 18.0. The van der Waals surface area contributed by atoms with Gasteiger partial charge >= 0.3 is 0 Å². The normalized spacial score (nSPS) is 16.9. The molecule has 3 aromatic rings. The van der Waals surface area contributed by atoms with Gasteiger partial charge in [-0.15, -0.1) is 0 Å². The van der Waals surface area contributed by atoms with E-state index in [1.165, 1.54) is 16.7 Å². The van der Waals surface area contributed by atoms with Gasteiger partial charge in [-0.3, -0.25) is 9.78 Å². The number of carbonyl (C=O) groups excluding carboxylic acids is 1. The standard InChI is InChI=1S/C27H28N2O2/c1-19-17-24(31-23-12-15-29(16-13-23)27(30)20-8-9-20)10-11-25(19)21-5-4-6-22(18-21)26-7-2-3-14-28-26/h2-7,10-11,14,17-18,20,23H,8-9,12-13,15-16H2,1H3. The number of rotatable bonds is 5. The summed E-state index contributed by atoms with van der Waals surface area (Å²) in [5.74, 6) is 1.57. The minimum atomic E-state index is 0.181. The Morgan fingerprint density at radius 2 is 1.74 bits per heavy atom. The Balaban J connectivity index is 1.26. The molecule has 1 amide bonds. The molecule has 1 aliphatic carbocycles. The van der Waals surface area contributed by atoms with Crippen molar-refractivity contribution in [3.63, 3.8) is 0 Å². The highest BCUT2D eigenvalue weighted by Gasteiger charge is 2.35. The Hall–Kier alpha value is -3.14. The number of aryl methyl sites for hydroxylation is 1. The van der Waals surface area contributed by atoms with Crippen molar-refractivity contribution in [3.05, 3.63) is 72.4 Å². The lowest BCUT2D eigenvalue weighted by molar-refractivity contribution is -0.134. The summed E-state index contributed by atoms with van der Waals surface area (Å²) in [7, 11) is 0. The summed E-state index contributed by atoms with van der Waals surface area (Å²) < 4.78 is 6.28. The molecule has 0 N–H and O–H groups in total. The van der Waals surface area contributed by atoms with Crippen LogP contribution in [-0.4, -0.2) is 35.0 Å². The summed E-state index contributed by atoms with van der Waals surface area (Å²) in [5, 5.41) is 0. The molecule has 158 valence electrons. The molecule has 2 aliphatic rings. The minimum absolute atomic E-state index is 0.181. The first-order valence-corrected chi connectivity index (χ1v) is 11.3. The Kier molecular flexibility index (Phi) is 5.46. The van der Waals surface area contributed by atoms with Crippen molar-refractivity contribution in [2.75, 3.05) is 13.1 Å². The maximum Gasteiger partial charge on any atom is 0.225 e.